The molecule has 1 aliphatic rings. The van der Waals surface area contributed by atoms with Gasteiger partial charge in [-0.2, -0.15) is 0 Å². The molecule has 2 rings (SSSR count). The lowest BCUT2D eigenvalue weighted by atomic mass is 10.1. The Balaban J connectivity index is 1.64. The number of nitrogens with one attached hydrogen (secondary N) is 1. The van der Waals surface area contributed by atoms with Gasteiger partial charge in [0.1, 0.15) is 0 Å². The predicted octanol–water partition coefficient (Wildman–Crippen LogP) is 3.44. The highest BCUT2D eigenvalue weighted by molar-refractivity contribution is 5.16. The first-order valence-electron chi connectivity index (χ1n) is 8.33. The fraction of sp³-hybridized carbons (Fsp3) is 0.667. The quantitative estimate of drug-likeness (QED) is 0.756. The van der Waals surface area contributed by atoms with Gasteiger partial charge in [-0.1, -0.05) is 56.0 Å². The molecule has 0 saturated heterocycles. The van der Waals surface area contributed by atoms with Crippen LogP contribution in [0.3, 0.4) is 0 Å². The van der Waals surface area contributed by atoms with Crippen molar-refractivity contribution in [1.82, 2.24) is 5.32 Å². The van der Waals surface area contributed by atoms with Crippen LogP contribution in [-0.4, -0.2) is 30.4 Å². The molecule has 0 aromatic heterocycles. The van der Waals surface area contributed by atoms with Gasteiger partial charge in [0, 0.05) is 12.6 Å². The SMILES string of the molecule is CC(OCC(O)CNC1CCCCCC1)c1ccccc1. The number of ether oxygens (including phenoxy) is 1. The smallest absolute Gasteiger partial charge is 0.0898 e. The van der Waals surface area contributed by atoms with Gasteiger partial charge in [0.15, 0.2) is 0 Å². The monoisotopic (exact) mass is 291 g/mol. The third-order valence-corrected chi connectivity index (χ3v) is 4.30. The van der Waals surface area contributed by atoms with Crippen LogP contribution < -0.4 is 5.32 Å². The van der Waals surface area contributed by atoms with Crippen molar-refractivity contribution < 1.29 is 9.84 Å². The Morgan fingerprint density at radius 1 is 1.14 bits per heavy atom. The second kappa shape index (κ2) is 9.19. The van der Waals surface area contributed by atoms with E-state index in [9.17, 15) is 5.11 Å². The van der Waals surface area contributed by atoms with Gasteiger partial charge < -0.3 is 15.2 Å². The van der Waals surface area contributed by atoms with Gasteiger partial charge in [-0.05, 0) is 25.3 Å². The van der Waals surface area contributed by atoms with E-state index in [1.54, 1.807) is 0 Å². The lowest BCUT2D eigenvalue weighted by Gasteiger charge is -2.20. The molecular formula is C18H29NO2. The molecule has 0 spiro atoms. The lowest BCUT2D eigenvalue weighted by molar-refractivity contribution is -0.00304. The van der Waals surface area contributed by atoms with Crippen LogP contribution in [-0.2, 0) is 4.74 Å². The van der Waals surface area contributed by atoms with E-state index in [0.717, 1.165) is 5.56 Å². The fourth-order valence-electron chi connectivity index (χ4n) is 2.92. The minimum absolute atomic E-state index is 0.0266. The molecule has 3 heteroatoms. The van der Waals surface area contributed by atoms with Crippen molar-refractivity contribution in [3.63, 3.8) is 0 Å². The maximum atomic E-state index is 10.1. The Kier molecular flexibility index (Phi) is 7.20. The highest BCUT2D eigenvalue weighted by Crippen LogP contribution is 2.18. The van der Waals surface area contributed by atoms with Crippen molar-refractivity contribution >= 4 is 0 Å². The number of aliphatic hydroxyl groups excluding tert-OH is 1. The summed E-state index contributed by atoms with van der Waals surface area (Å²) in [6.07, 6.45) is 7.43. The molecule has 2 N–H and O–H groups in total. The van der Waals surface area contributed by atoms with Crippen LogP contribution in [0.1, 0.15) is 57.1 Å². The molecule has 0 bridgehead atoms. The van der Waals surface area contributed by atoms with Crippen molar-refractivity contribution in [2.24, 2.45) is 0 Å². The Morgan fingerprint density at radius 2 is 1.81 bits per heavy atom. The average molecular weight is 291 g/mol. The Labute approximate surface area is 128 Å². The van der Waals surface area contributed by atoms with Crippen LogP contribution in [0.25, 0.3) is 0 Å². The molecule has 2 atom stereocenters. The topological polar surface area (TPSA) is 41.5 Å². The summed E-state index contributed by atoms with van der Waals surface area (Å²) in [6, 6.07) is 10.7. The van der Waals surface area contributed by atoms with E-state index in [1.807, 2.05) is 25.1 Å². The number of aliphatic hydroxyl groups is 1. The molecule has 0 heterocycles. The maximum absolute atomic E-state index is 10.1. The summed E-state index contributed by atoms with van der Waals surface area (Å²) in [4.78, 5) is 0. The van der Waals surface area contributed by atoms with E-state index >= 15 is 0 Å². The van der Waals surface area contributed by atoms with E-state index in [0.29, 0.717) is 19.2 Å². The Morgan fingerprint density at radius 3 is 2.48 bits per heavy atom. The van der Waals surface area contributed by atoms with Gasteiger partial charge in [-0.15, -0.1) is 0 Å². The minimum atomic E-state index is -0.431. The molecule has 1 aliphatic carbocycles. The first-order chi connectivity index (χ1) is 10.3. The van der Waals surface area contributed by atoms with E-state index < -0.39 is 6.10 Å². The van der Waals surface area contributed by atoms with Crippen molar-refractivity contribution in [3.05, 3.63) is 35.9 Å². The molecule has 1 aromatic rings. The van der Waals surface area contributed by atoms with E-state index in [2.05, 4.69) is 17.4 Å². The minimum Gasteiger partial charge on any atom is -0.389 e. The number of rotatable bonds is 7. The van der Waals surface area contributed by atoms with Gasteiger partial charge in [0.05, 0.1) is 18.8 Å². The average Bonchev–Trinajstić information content (AvgIpc) is 2.80. The zero-order chi connectivity index (χ0) is 14.9. The molecule has 3 nitrogen and oxygen atoms in total. The summed E-state index contributed by atoms with van der Waals surface area (Å²) in [5.41, 5.74) is 1.15. The van der Waals surface area contributed by atoms with Crippen LogP contribution in [0, 0.1) is 0 Å². The maximum Gasteiger partial charge on any atom is 0.0898 e. The van der Waals surface area contributed by atoms with Crippen molar-refractivity contribution in [1.29, 1.82) is 0 Å². The van der Waals surface area contributed by atoms with Gasteiger partial charge in [0.25, 0.3) is 0 Å². The lowest BCUT2D eigenvalue weighted by Crippen LogP contribution is -2.37. The molecule has 118 valence electrons. The molecular weight excluding hydrogens is 262 g/mol. The van der Waals surface area contributed by atoms with Gasteiger partial charge in [-0.3, -0.25) is 0 Å². The second-order valence-corrected chi connectivity index (χ2v) is 6.14. The molecule has 0 amide bonds. The van der Waals surface area contributed by atoms with Gasteiger partial charge in [0.2, 0.25) is 0 Å². The fourth-order valence-corrected chi connectivity index (χ4v) is 2.92. The van der Waals surface area contributed by atoms with Crippen molar-refractivity contribution in [3.8, 4) is 0 Å². The number of benzene rings is 1. The summed E-state index contributed by atoms with van der Waals surface area (Å²) in [6.45, 7) is 3.04. The van der Waals surface area contributed by atoms with Crippen LogP contribution in [0.5, 0.6) is 0 Å². The third-order valence-electron chi connectivity index (χ3n) is 4.30. The molecule has 21 heavy (non-hydrogen) atoms. The molecule has 0 radical (unpaired) electrons. The summed E-state index contributed by atoms with van der Waals surface area (Å²) < 4.78 is 5.76. The number of hydrogen-bond donors (Lipinski definition) is 2. The van der Waals surface area contributed by atoms with Crippen LogP contribution in [0.2, 0.25) is 0 Å². The van der Waals surface area contributed by atoms with Crippen LogP contribution in [0.15, 0.2) is 30.3 Å². The van der Waals surface area contributed by atoms with Crippen LogP contribution in [0.4, 0.5) is 0 Å². The standard InChI is InChI=1S/C18H29NO2/c1-15(16-9-5-4-6-10-16)21-14-18(20)13-19-17-11-7-2-3-8-12-17/h4-6,9-10,15,17-20H,2-3,7-8,11-14H2,1H3. The summed E-state index contributed by atoms with van der Waals surface area (Å²) >= 11 is 0. The van der Waals surface area contributed by atoms with E-state index in [4.69, 9.17) is 4.74 Å². The summed E-state index contributed by atoms with van der Waals surface area (Å²) in [5.74, 6) is 0. The highest BCUT2D eigenvalue weighted by atomic mass is 16.5. The van der Waals surface area contributed by atoms with E-state index in [1.165, 1.54) is 38.5 Å². The second-order valence-electron chi connectivity index (χ2n) is 6.14. The number of hydrogen-bond acceptors (Lipinski definition) is 3. The molecule has 1 saturated carbocycles. The van der Waals surface area contributed by atoms with Crippen molar-refractivity contribution in [2.75, 3.05) is 13.2 Å². The first kappa shape index (κ1) is 16.5. The van der Waals surface area contributed by atoms with Gasteiger partial charge in [-0.25, -0.2) is 0 Å². The molecule has 2 unspecified atom stereocenters. The highest BCUT2D eigenvalue weighted by Gasteiger charge is 2.14. The zero-order valence-corrected chi connectivity index (χ0v) is 13.1. The zero-order valence-electron chi connectivity index (χ0n) is 13.1. The Hall–Kier alpha value is -0.900. The largest absolute Gasteiger partial charge is 0.389 e. The molecule has 1 aromatic carbocycles. The molecule has 0 aliphatic heterocycles. The summed E-state index contributed by atoms with van der Waals surface area (Å²) in [7, 11) is 0. The van der Waals surface area contributed by atoms with Gasteiger partial charge >= 0.3 is 0 Å². The summed E-state index contributed by atoms with van der Waals surface area (Å²) in [5, 5.41) is 13.6. The van der Waals surface area contributed by atoms with E-state index in [-0.39, 0.29) is 6.10 Å². The normalized spacial score (nSPS) is 19.9. The third kappa shape index (κ3) is 6.16. The van der Waals surface area contributed by atoms with Crippen molar-refractivity contribution in [2.45, 2.75) is 63.7 Å². The predicted molar refractivity (Wildman–Crippen MR) is 86.3 cm³/mol. The first-order valence-corrected chi connectivity index (χ1v) is 8.33. The van der Waals surface area contributed by atoms with Crippen LogP contribution >= 0.6 is 0 Å². The Bertz CT molecular complexity index is 374. The molecule has 1 fully saturated rings.